The van der Waals surface area contributed by atoms with Crippen LogP contribution in [0, 0.1) is 5.92 Å². The van der Waals surface area contributed by atoms with Crippen LogP contribution >= 0.6 is 0 Å². The Kier molecular flexibility index (Phi) is 4.91. The number of hydrogen-bond acceptors (Lipinski definition) is 2. The van der Waals surface area contributed by atoms with E-state index in [0.717, 1.165) is 37.7 Å². The first-order valence-corrected chi connectivity index (χ1v) is 8.43. The molecule has 1 saturated carbocycles. The SMILES string of the molecule is O=C(CCC1CCCCC1)N1CCNCc2ccccc21. The van der Waals surface area contributed by atoms with E-state index in [1.165, 1.54) is 37.7 Å². The molecule has 0 saturated heterocycles. The molecule has 0 unspecified atom stereocenters. The van der Waals surface area contributed by atoms with E-state index in [1.807, 2.05) is 11.0 Å². The van der Waals surface area contributed by atoms with Gasteiger partial charge in [0.2, 0.25) is 5.91 Å². The Morgan fingerprint density at radius 2 is 2.00 bits per heavy atom. The first kappa shape index (κ1) is 14.6. The maximum Gasteiger partial charge on any atom is 0.227 e. The van der Waals surface area contributed by atoms with Crippen LogP contribution in [0.4, 0.5) is 5.69 Å². The molecule has 1 aliphatic heterocycles. The summed E-state index contributed by atoms with van der Waals surface area (Å²) in [6.45, 7) is 2.53. The molecule has 114 valence electrons. The molecule has 1 aliphatic carbocycles. The zero-order valence-corrected chi connectivity index (χ0v) is 12.8. The molecule has 1 aromatic carbocycles. The number of anilines is 1. The number of nitrogens with zero attached hydrogens (tertiary/aromatic N) is 1. The second-order valence-corrected chi connectivity index (χ2v) is 6.39. The third kappa shape index (κ3) is 3.65. The average molecular weight is 286 g/mol. The standard InChI is InChI=1S/C18H26N2O/c21-18(11-10-15-6-2-1-3-7-15)20-13-12-19-14-16-8-4-5-9-17(16)20/h4-5,8-9,15,19H,1-3,6-7,10-14H2. The molecule has 3 nitrogen and oxygen atoms in total. The highest BCUT2D eigenvalue weighted by Crippen LogP contribution is 2.28. The van der Waals surface area contributed by atoms with Crippen LogP contribution in [-0.4, -0.2) is 19.0 Å². The predicted molar refractivity (Wildman–Crippen MR) is 86.3 cm³/mol. The normalized spacial score (nSPS) is 19.9. The summed E-state index contributed by atoms with van der Waals surface area (Å²) in [6.07, 6.45) is 8.53. The van der Waals surface area contributed by atoms with E-state index in [9.17, 15) is 4.79 Å². The fourth-order valence-corrected chi connectivity index (χ4v) is 3.66. The van der Waals surface area contributed by atoms with Crippen molar-refractivity contribution < 1.29 is 4.79 Å². The second kappa shape index (κ2) is 7.08. The van der Waals surface area contributed by atoms with Gasteiger partial charge in [-0.05, 0) is 24.0 Å². The Morgan fingerprint density at radius 1 is 1.19 bits per heavy atom. The first-order chi connectivity index (χ1) is 10.3. The van der Waals surface area contributed by atoms with Crippen molar-refractivity contribution in [3.05, 3.63) is 29.8 Å². The van der Waals surface area contributed by atoms with Crippen LogP contribution in [0.3, 0.4) is 0 Å². The molecular weight excluding hydrogens is 260 g/mol. The minimum atomic E-state index is 0.303. The van der Waals surface area contributed by atoms with Crippen molar-refractivity contribution in [1.82, 2.24) is 5.32 Å². The van der Waals surface area contributed by atoms with Crippen molar-refractivity contribution in [1.29, 1.82) is 0 Å². The average Bonchev–Trinajstić information content (AvgIpc) is 2.76. The zero-order valence-electron chi connectivity index (χ0n) is 12.8. The minimum Gasteiger partial charge on any atom is -0.311 e. The molecule has 0 bridgehead atoms. The Balaban J connectivity index is 1.63. The van der Waals surface area contributed by atoms with Gasteiger partial charge in [0, 0.05) is 31.7 Å². The first-order valence-electron chi connectivity index (χ1n) is 8.43. The summed E-state index contributed by atoms with van der Waals surface area (Å²) in [5.74, 6) is 1.08. The summed E-state index contributed by atoms with van der Waals surface area (Å²) in [7, 11) is 0. The van der Waals surface area contributed by atoms with Crippen molar-refractivity contribution in [3.63, 3.8) is 0 Å². The molecule has 2 aliphatic rings. The number of nitrogens with one attached hydrogen (secondary N) is 1. The highest BCUT2D eigenvalue weighted by molar-refractivity contribution is 5.94. The van der Waals surface area contributed by atoms with Gasteiger partial charge in [0.05, 0.1) is 0 Å². The number of carbonyl (C=O) groups excluding carboxylic acids is 1. The lowest BCUT2D eigenvalue weighted by Crippen LogP contribution is -2.34. The lowest BCUT2D eigenvalue weighted by Gasteiger charge is -2.25. The van der Waals surface area contributed by atoms with Crippen LogP contribution in [0.1, 0.15) is 50.5 Å². The van der Waals surface area contributed by atoms with Crippen LogP contribution in [0.2, 0.25) is 0 Å². The molecule has 0 aromatic heterocycles. The third-order valence-electron chi connectivity index (χ3n) is 4.90. The van der Waals surface area contributed by atoms with Gasteiger partial charge in [-0.15, -0.1) is 0 Å². The van der Waals surface area contributed by atoms with Crippen LogP contribution in [0.5, 0.6) is 0 Å². The third-order valence-corrected chi connectivity index (χ3v) is 4.90. The Bertz CT molecular complexity index is 480. The minimum absolute atomic E-state index is 0.303. The van der Waals surface area contributed by atoms with E-state index in [-0.39, 0.29) is 0 Å². The monoisotopic (exact) mass is 286 g/mol. The van der Waals surface area contributed by atoms with Crippen LogP contribution < -0.4 is 10.2 Å². The van der Waals surface area contributed by atoms with Crippen molar-refractivity contribution in [2.75, 3.05) is 18.0 Å². The quantitative estimate of drug-likeness (QED) is 0.922. The van der Waals surface area contributed by atoms with Crippen LogP contribution in [0.15, 0.2) is 24.3 Å². The molecule has 0 radical (unpaired) electrons. The lowest BCUT2D eigenvalue weighted by atomic mass is 9.86. The van der Waals surface area contributed by atoms with Gasteiger partial charge >= 0.3 is 0 Å². The number of fused-ring (bicyclic) bond motifs is 1. The number of rotatable bonds is 3. The number of carbonyl (C=O) groups is 1. The Morgan fingerprint density at radius 3 is 2.86 bits per heavy atom. The number of amides is 1. The molecule has 0 atom stereocenters. The van der Waals surface area contributed by atoms with Crippen molar-refractivity contribution in [2.24, 2.45) is 5.92 Å². The number of hydrogen-bond donors (Lipinski definition) is 1. The molecule has 21 heavy (non-hydrogen) atoms. The van der Waals surface area contributed by atoms with E-state index < -0.39 is 0 Å². The topological polar surface area (TPSA) is 32.3 Å². The van der Waals surface area contributed by atoms with Gasteiger partial charge in [0.1, 0.15) is 0 Å². The fraction of sp³-hybridized carbons (Fsp3) is 0.611. The molecular formula is C18H26N2O. The smallest absolute Gasteiger partial charge is 0.227 e. The van der Waals surface area contributed by atoms with Gasteiger partial charge < -0.3 is 10.2 Å². The van der Waals surface area contributed by atoms with Gasteiger partial charge in [0.15, 0.2) is 0 Å². The molecule has 1 heterocycles. The van der Waals surface area contributed by atoms with E-state index in [1.54, 1.807) is 0 Å². The van der Waals surface area contributed by atoms with E-state index >= 15 is 0 Å². The molecule has 1 fully saturated rings. The Labute approximate surface area is 127 Å². The molecule has 1 amide bonds. The number of benzene rings is 1. The van der Waals surface area contributed by atoms with Gasteiger partial charge in [-0.25, -0.2) is 0 Å². The fourth-order valence-electron chi connectivity index (χ4n) is 3.66. The Hall–Kier alpha value is -1.35. The van der Waals surface area contributed by atoms with Crippen LogP contribution in [-0.2, 0) is 11.3 Å². The molecule has 3 rings (SSSR count). The summed E-state index contributed by atoms with van der Waals surface area (Å²) in [5.41, 5.74) is 2.34. The molecule has 3 heteroatoms. The molecule has 1 N–H and O–H groups in total. The largest absolute Gasteiger partial charge is 0.311 e. The maximum atomic E-state index is 12.7. The summed E-state index contributed by atoms with van der Waals surface area (Å²) in [6, 6.07) is 8.29. The highest BCUT2D eigenvalue weighted by Gasteiger charge is 2.22. The van der Waals surface area contributed by atoms with E-state index in [2.05, 4.69) is 23.5 Å². The summed E-state index contributed by atoms with van der Waals surface area (Å²) in [5, 5.41) is 3.40. The van der Waals surface area contributed by atoms with Crippen molar-refractivity contribution in [3.8, 4) is 0 Å². The highest BCUT2D eigenvalue weighted by atomic mass is 16.2. The summed E-state index contributed by atoms with van der Waals surface area (Å²) in [4.78, 5) is 14.7. The second-order valence-electron chi connectivity index (χ2n) is 6.39. The summed E-state index contributed by atoms with van der Waals surface area (Å²) < 4.78 is 0. The lowest BCUT2D eigenvalue weighted by molar-refractivity contribution is -0.118. The molecule has 1 aromatic rings. The van der Waals surface area contributed by atoms with Gasteiger partial charge in [-0.2, -0.15) is 0 Å². The number of para-hydroxylation sites is 1. The van der Waals surface area contributed by atoms with Gasteiger partial charge in [-0.1, -0.05) is 50.3 Å². The van der Waals surface area contributed by atoms with Crippen LogP contribution in [0.25, 0.3) is 0 Å². The molecule has 0 spiro atoms. The van der Waals surface area contributed by atoms with Crippen molar-refractivity contribution >= 4 is 11.6 Å². The maximum absolute atomic E-state index is 12.7. The summed E-state index contributed by atoms with van der Waals surface area (Å²) >= 11 is 0. The van der Waals surface area contributed by atoms with E-state index in [0.29, 0.717) is 12.3 Å². The predicted octanol–water partition coefficient (Wildman–Crippen LogP) is 3.48. The van der Waals surface area contributed by atoms with Crippen molar-refractivity contribution in [2.45, 2.75) is 51.5 Å². The van der Waals surface area contributed by atoms with Gasteiger partial charge in [-0.3, -0.25) is 4.79 Å². The van der Waals surface area contributed by atoms with Gasteiger partial charge in [0.25, 0.3) is 0 Å². The zero-order chi connectivity index (χ0) is 14.5. The van der Waals surface area contributed by atoms with E-state index in [4.69, 9.17) is 0 Å².